The van der Waals surface area contributed by atoms with Gasteiger partial charge in [-0.15, -0.1) is 0 Å². The minimum atomic E-state index is 0.371. The zero-order chi connectivity index (χ0) is 14.0. The van der Waals surface area contributed by atoms with Gasteiger partial charge >= 0.3 is 0 Å². The smallest absolute Gasteiger partial charge is 0.0276 e. The number of nitrogens with two attached hydrogens (primary N) is 1. The van der Waals surface area contributed by atoms with Crippen molar-refractivity contribution in [2.75, 3.05) is 26.7 Å². The van der Waals surface area contributed by atoms with Crippen LogP contribution in [-0.2, 0) is 0 Å². The summed E-state index contributed by atoms with van der Waals surface area (Å²) in [7, 11) is 2.26. The summed E-state index contributed by atoms with van der Waals surface area (Å²) in [6, 6.07) is 1.67. The van der Waals surface area contributed by atoms with E-state index in [9.17, 15) is 0 Å². The molecule has 2 aliphatic rings. The van der Waals surface area contributed by atoms with E-state index >= 15 is 0 Å². The zero-order valence-corrected chi connectivity index (χ0v) is 13.3. The fourth-order valence-electron chi connectivity index (χ4n) is 4.49. The summed E-state index contributed by atoms with van der Waals surface area (Å²) in [4.78, 5) is 5.26. The van der Waals surface area contributed by atoms with Crippen LogP contribution in [0.1, 0.15) is 46.5 Å². The van der Waals surface area contributed by atoms with Gasteiger partial charge in [0.05, 0.1) is 0 Å². The first-order valence-electron chi connectivity index (χ1n) is 8.22. The standard InChI is InChI=1S/C16H33N3/c1-5-14-11-18(4)7-6-8-19(14)16-13(3)9-12(2)10-15(16)17/h12-16H,5-11,17H2,1-4H3. The molecule has 0 aromatic heterocycles. The van der Waals surface area contributed by atoms with Crippen molar-refractivity contribution in [2.24, 2.45) is 17.6 Å². The van der Waals surface area contributed by atoms with Crippen LogP contribution in [0.4, 0.5) is 0 Å². The largest absolute Gasteiger partial charge is 0.326 e. The maximum Gasteiger partial charge on any atom is 0.0276 e. The van der Waals surface area contributed by atoms with Gasteiger partial charge in [0.2, 0.25) is 0 Å². The molecule has 2 fully saturated rings. The van der Waals surface area contributed by atoms with Crippen LogP contribution < -0.4 is 5.73 Å². The molecule has 1 saturated heterocycles. The van der Waals surface area contributed by atoms with Gasteiger partial charge in [-0.05, 0) is 51.1 Å². The van der Waals surface area contributed by atoms with Crippen LogP contribution in [-0.4, -0.2) is 54.6 Å². The molecule has 0 spiro atoms. The van der Waals surface area contributed by atoms with E-state index < -0.39 is 0 Å². The van der Waals surface area contributed by atoms with Gasteiger partial charge in [0, 0.05) is 31.2 Å². The van der Waals surface area contributed by atoms with Gasteiger partial charge in [0.25, 0.3) is 0 Å². The Labute approximate surface area is 119 Å². The van der Waals surface area contributed by atoms with Crippen LogP contribution in [0.15, 0.2) is 0 Å². The predicted octanol–water partition coefficient (Wildman–Crippen LogP) is 2.16. The number of likely N-dealkylation sites (N-methyl/N-ethyl adjacent to an activating group) is 1. The predicted molar refractivity (Wildman–Crippen MR) is 82.2 cm³/mol. The van der Waals surface area contributed by atoms with Crippen molar-refractivity contribution < 1.29 is 0 Å². The molecule has 3 heteroatoms. The lowest BCUT2D eigenvalue weighted by Crippen LogP contribution is -2.58. The Morgan fingerprint density at radius 2 is 1.89 bits per heavy atom. The van der Waals surface area contributed by atoms with Crippen LogP contribution in [0.25, 0.3) is 0 Å². The number of hydrogen-bond acceptors (Lipinski definition) is 3. The lowest BCUT2D eigenvalue weighted by Gasteiger charge is -2.47. The molecule has 5 unspecified atom stereocenters. The van der Waals surface area contributed by atoms with Gasteiger partial charge in [-0.2, -0.15) is 0 Å². The molecule has 1 aliphatic heterocycles. The highest BCUT2D eigenvalue weighted by Crippen LogP contribution is 2.33. The van der Waals surface area contributed by atoms with E-state index in [4.69, 9.17) is 5.73 Å². The highest BCUT2D eigenvalue weighted by atomic mass is 15.3. The highest BCUT2D eigenvalue weighted by Gasteiger charge is 2.38. The molecule has 1 heterocycles. The Morgan fingerprint density at radius 1 is 1.16 bits per heavy atom. The second kappa shape index (κ2) is 6.55. The Kier molecular flexibility index (Phi) is 5.27. The van der Waals surface area contributed by atoms with Gasteiger partial charge < -0.3 is 10.6 Å². The Morgan fingerprint density at radius 3 is 2.53 bits per heavy atom. The van der Waals surface area contributed by atoms with Crippen LogP contribution in [0.2, 0.25) is 0 Å². The average Bonchev–Trinajstić information content (AvgIpc) is 2.50. The number of nitrogens with zero attached hydrogens (tertiary/aromatic N) is 2. The minimum Gasteiger partial charge on any atom is -0.326 e. The number of rotatable bonds is 2. The number of hydrogen-bond donors (Lipinski definition) is 1. The lowest BCUT2D eigenvalue weighted by molar-refractivity contribution is 0.0410. The van der Waals surface area contributed by atoms with E-state index in [0.29, 0.717) is 18.1 Å². The third-order valence-corrected chi connectivity index (χ3v) is 5.27. The Hall–Kier alpha value is -0.120. The minimum absolute atomic E-state index is 0.371. The van der Waals surface area contributed by atoms with Gasteiger partial charge in [-0.1, -0.05) is 20.8 Å². The molecule has 19 heavy (non-hydrogen) atoms. The van der Waals surface area contributed by atoms with E-state index in [2.05, 4.69) is 37.6 Å². The lowest BCUT2D eigenvalue weighted by atomic mass is 9.75. The zero-order valence-electron chi connectivity index (χ0n) is 13.3. The van der Waals surface area contributed by atoms with E-state index in [1.165, 1.54) is 45.3 Å². The Balaban J connectivity index is 2.12. The molecule has 3 nitrogen and oxygen atoms in total. The normalized spacial score (nSPS) is 43.1. The molecule has 2 N–H and O–H groups in total. The van der Waals surface area contributed by atoms with Crippen LogP contribution in [0.5, 0.6) is 0 Å². The second-order valence-corrected chi connectivity index (χ2v) is 7.12. The highest BCUT2D eigenvalue weighted by molar-refractivity contribution is 4.95. The van der Waals surface area contributed by atoms with E-state index in [1.807, 2.05) is 0 Å². The monoisotopic (exact) mass is 267 g/mol. The molecule has 0 aromatic rings. The van der Waals surface area contributed by atoms with Crippen LogP contribution >= 0.6 is 0 Å². The summed E-state index contributed by atoms with van der Waals surface area (Å²) in [5, 5.41) is 0. The summed E-state index contributed by atoms with van der Waals surface area (Å²) in [6.45, 7) is 10.8. The molecular formula is C16H33N3. The molecule has 1 saturated carbocycles. The van der Waals surface area contributed by atoms with E-state index in [-0.39, 0.29) is 0 Å². The van der Waals surface area contributed by atoms with Gasteiger partial charge in [-0.25, -0.2) is 0 Å². The fourth-order valence-corrected chi connectivity index (χ4v) is 4.49. The molecule has 0 radical (unpaired) electrons. The van der Waals surface area contributed by atoms with Gasteiger partial charge in [0.1, 0.15) is 0 Å². The molecule has 1 aliphatic carbocycles. The molecule has 0 bridgehead atoms. The topological polar surface area (TPSA) is 32.5 Å². The first kappa shape index (κ1) is 15.3. The maximum atomic E-state index is 6.54. The Bertz CT molecular complexity index is 269. The second-order valence-electron chi connectivity index (χ2n) is 7.12. The van der Waals surface area contributed by atoms with Crippen LogP contribution in [0.3, 0.4) is 0 Å². The average molecular weight is 267 g/mol. The maximum absolute atomic E-state index is 6.54. The fraction of sp³-hybridized carbons (Fsp3) is 1.00. The van der Waals surface area contributed by atoms with Crippen molar-refractivity contribution in [3.63, 3.8) is 0 Å². The van der Waals surface area contributed by atoms with Crippen molar-refractivity contribution in [1.82, 2.24) is 9.80 Å². The molecular weight excluding hydrogens is 234 g/mol. The third kappa shape index (κ3) is 3.50. The quantitative estimate of drug-likeness (QED) is 0.832. The summed E-state index contributed by atoms with van der Waals surface area (Å²) >= 11 is 0. The molecule has 2 rings (SSSR count). The first-order valence-corrected chi connectivity index (χ1v) is 8.22. The van der Waals surface area contributed by atoms with Crippen molar-refractivity contribution >= 4 is 0 Å². The van der Waals surface area contributed by atoms with Crippen molar-refractivity contribution in [3.05, 3.63) is 0 Å². The van der Waals surface area contributed by atoms with Crippen molar-refractivity contribution in [2.45, 2.75) is 64.6 Å². The van der Waals surface area contributed by atoms with E-state index in [0.717, 1.165) is 11.8 Å². The van der Waals surface area contributed by atoms with Gasteiger partial charge in [0.15, 0.2) is 0 Å². The third-order valence-electron chi connectivity index (χ3n) is 5.27. The summed E-state index contributed by atoms with van der Waals surface area (Å²) < 4.78 is 0. The molecule has 0 amide bonds. The SMILES string of the molecule is CCC1CN(C)CCCN1C1C(C)CC(C)CC1N. The summed E-state index contributed by atoms with van der Waals surface area (Å²) in [6.07, 6.45) is 5.09. The first-order chi connectivity index (χ1) is 9.02. The van der Waals surface area contributed by atoms with Crippen molar-refractivity contribution in [3.8, 4) is 0 Å². The summed E-state index contributed by atoms with van der Waals surface area (Å²) in [5.41, 5.74) is 6.54. The molecule has 0 aromatic carbocycles. The van der Waals surface area contributed by atoms with E-state index in [1.54, 1.807) is 0 Å². The molecule has 112 valence electrons. The molecule has 5 atom stereocenters. The summed E-state index contributed by atoms with van der Waals surface area (Å²) in [5.74, 6) is 1.55. The van der Waals surface area contributed by atoms with Gasteiger partial charge in [-0.3, -0.25) is 4.90 Å². The van der Waals surface area contributed by atoms with Crippen molar-refractivity contribution in [1.29, 1.82) is 0 Å². The van der Waals surface area contributed by atoms with Crippen LogP contribution in [0, 0.1) is 11.8 Å².